The van der Waals surface area contributed by atoms with Crippen LogP contribution in [-0.2, 0) is 31.9 Å². The van der Waals surface area contributed by atoms with E-state index in [4.69, 9.17) is 4.74 Å². The Bertz CT molecular complexity index is 1500. The van der Waals surface area contributed by atoms with Crippen molar-refractivity contribution in [1.29, 1.82) is 0 Å². The Kier molecular flexibility index (Phi) is 6.88. The molecule has 0 radical (unpaired) electrons. The van der Waals surface area contributed by atoms with Crippen LogP contribution in [0.5, 0.6) is 0 Å². The number of pyridine rings is 1. The number of nitrogens with one attached hydrogen (secondary N) is 1. The molecule has 2 atom stereocenters. The molecule has 1 saturated heterocycles. The zero-order valence-electron chi connectivity index (χ0n) is 23.5. The topological polar surface area (TPSA) is 102 Å². The Morgan fingerprint density at radius 2 is 1.93 bits per heavy atom. The number of rotatable bonds is 5. The van der Waals surface area contributed by atoms with Crippen LogP contribution in [0.3, 0.4) is 0 Å². The van der Waals surface area contributed by atoms with E-state index in [1.807, 2.05) is 35.4 Å². The maximum atomic E-state index is 14.9. The van der Waals surface area contributed by atoms with Crippen molar-refractivity contribution in [3.8, 4) is 0 Å². The molecule has 2 amide bonds. The quantitative estimate of drug-likeness (QED) is 0.493. The van der Waals surface area contributed by atoms with Crippen LogP contribution in [0.25, 0.3) is 0 Å². The normalized spacial score (nSPS) is 21.8. The van der Waals surface area contributed by atoms with E-state index < -0.39 is 22.7 Å². The summed E-state index contributed by atoms with van der Waals surface area (Å²) in [5.41, 5.74) is -0.226. The molecule has 9 nitrogen and oxygen atoms in total. The molecule has 0 saturated carbocycles. The second kappa shape index (κ2) is 10.3. The molecule has 1 aromatic carbocycles. The number of hydrogen-bond acceptors (Lipinski definition) is 6. The van der Waals surface area contributed by atoms with Gasteiger partial charge in [-0.1, -0.05) is 18.2 Å². The molecule has 0 bridgehead atoms. The van der Waals surface area contributed by atoms with Gasteiger partial charge in [-0.25, -0.2) is 13.8 Å². The van der Waals surface area contributed by atoms with Crippen molar-refractivity contribution < 1.29 is 23.1 Å². The number of halogens is 2. The number of carbonyl (C=O) groups excluding carboxylic acids is 2. The van der Waals surface area contributed by atoms with E-state index in [1.54, 1.807) is 19.4 Å². The van der Waals surface area contributed by atoms with Gasteiger partial charge in [0.25, 0.3) is 0 Å². The minimum atomic E-state index is -0.878. The summed E-state index contributed by atoms with van der Waals surface area (Å²) < 4.78 is 36.7. The Morgan fingerprint density at radius 3 is 2.68 bits per heavy atom. The highest BCUT2D eigenvalue weighted by Gasteiger charge is 2.49. The van der Waals surface area contributed by atoms with E-state index in [9.17, 15) is 18.4 Å². The molecule has 41 heavy (non-hydrogen) atoms. The van der Waals surface area contributed by atoms with Crippen LogP contribution in [0.4, 0.5) is 14.6 Å². The molecule has 3 aliphatic heterocycles. The van der Waals surface area contributed by atoms with Gasteiger partial charge in [-0.05, 0) is 57.2 Å². The van der Waals surface area contributed by atoms with Gasteiger partial charge in [0.1, 0.15) is 17.2 Å². The van der Waals surface area contributed by atoms with Gasteiger partial charge in [0.15, 0.2) is 17.5 Å². The van der Waals surface area contributed by atoms with Gasteiger partial charge < -0.3 is 19.5 Å². The predicted molar refractivity (Wildman–Crippen MR) is 146 cm³/mol. The highest BCUT2D eigenvalue weighted by molar-refractivity contribution is 6.05. The molecule has 1 spiro atoms. The Hall–Kier alpha value is -3.73. The molecule has 1 N–H and O–H groups in total. The fourth-order valence-corrected chi connectivity index (χ4v) is 6.67. The average Bonchev–Trinajstić information content (AvgIpc) is 3.45. The van der Waals surface area contributed by atoms with Crippen LogP contribution >= 0.6 is 0 Å². The summed E-state index contributed by atoms with van der Waals surface area (Å²) in [6.07, 6.45) is 4.04. The van der Waals surface area contributed by atoms with Gasteiger partial charge in [-0.3, -0.25) is 9.59 Å². The Labute approximate surface area is 237 Å². The lowest BCUT2D eigenvalue weighted by Gasteiger charge is -2.38. The molecular formula is C30H34F2N6O3. The van der Waals surface area contributed by atoms with Crippen molar-refractivity contribution in [2.75, 3.05) is 25.5 Å². The average molecular weight is 565 g/mol. The summed E-state index contributed by atoms with van der Waals surface area (Å²) in [6, 6.07) is 8.04. The number of benzene rings is 1. The molecule has 5 heterocycles. The van der Waals surface area contributed by atoms with Crippen LogP contribution in [0.15, 0.2) is 36.5 Å². The van der Waals surface area contributed by atoms with Gasteiger partial charge in [-0.15, -0.1) is 10.2 Å². The van der Waals surface area contributed by atoms with E-state index in [0.29, 0.717) is 68.3 Å². The van der Waals surface area contributed by atoms with Gasteiger partial charge in [0.05, 0.1) is 5.41 Å². The summed E-state index contributed by atoms with van der Waals surface area (Å²) in [4.78, 5) is 32.7. The third-order valence-corrected chi connectivity index (χ3v) is 9.26. The molecule has 6 rings (SSSR count). The number of likely N-dealkylation sites (tertiary alicyclic amines) is 1. The SMILES string of the molecule is COC(C)(C)c1nnc2n1C[C@H](c1cccc(F)c1F)CC[C@H]2CC(=O)N1CCC2(CC1)C(=O)Nc1ncccc12. The number of fused-ring (bicyclic) bond motifs is 3. The fraction of sp³-hybridized carbons (Fsp3) is 0.500. The highest BCUT2D eigenvalue weighted by atomic mass is 19.2. The van der Waals surface area contributed by atoms with Crippen LogP contribution in [-0.4, -0.2) is 56.7 Å². The molecule has 2 aromatic heterocycles. The third kappa shape index (κ3) is 4.60. The molecule has 1 fully saturated rings. The lowest BCUT2D eigenvalue weighted by Crippen LogP contribution is -2.48. The minimum Gasteiger partial charge on any atom is -0.371 e. The second-order valence-electron chi connectivity index (χ2n) is 11.8. The summed E-state index contributed by atoms with van der Waals surface area (Å²) >= 11 is 0. The van der Waals surface area contributed by atoms with Crippen LogP contribution in [0, 0.1) is 11.6 Å². The van der Waals surface area contributed by atoms with Crippen molar-refractivity contribution in [2.45, 2.75) is 75.3 Å². The van der Waals surface area contributed by atoms with Crippen LogP contribution in [0.1, 0.15) is 80.6 Å². The van der Waals surface area contributed by atoms with Gasteiger partial charge in [0.2, 0.25) is 11.8 Å². The van der Waals surface area contributed by atoms with Crippen molar-refractivity contribution >= 4 is 17.6 Å². The molecule has 0 unspecified atom stereocenters. The van der Waals surface area contributed by atoms with E-state index >= 15 is 0 Å². The van der Waals surface area contributed by atoms with E-state index in [-0.39, 0.29) is 30.1 Å². The van der Waals surface area contributed by atoms with Gasteiger partial charge in [0, 0.05) is 56.8 Å². The Balaban J connectivity index is 1.23. The third-order valence-electron chi connectivity index (χ3n) is 9.26. The van der Waals surface area contributed by atoms with E-state index in [0.717, 1.165) is 11.6 Å². The van der Waals surface area contributed by atoms with E-state index in [2.05, 4.69) is 20.5 Å². The fourth-order valence-electron chi connectivity index (χ4n) is 6.67. The summed E-state index contributed by atoms with van der Waals surface area (Å²) in [7, 11) is 1.59. The van der Waals surface area contributed by atoms with Crippen LogP contribution in [0.2, 0.25) is 0 Å². The Morgan fingerprint density at radius 1 is 1.15 bits per heavy atom. The summed E-state index contributed by atoms with van der Waals surface area (Å²) in [5.74, 6) is -0.538. The highest BCUT2D eigenvalue weighted by Crippen LogP contribution is 2.44. The van der Waals surface area contributed by atoms with Gasteiger partial charge in [-0.2, -0.15) is 0 Å². The monoisotopic (exact) mass is 564 g/mol. The first kappa shape index (κ1) is 27.4. The number of methoxy groups -OCH3 is 1. The molecule has 0 aliphatic carbocycles. The second-order valence-corrected chi connectivity index (χ2v) is 11.8. The summed E-state index contributed by atoms with van der Waals surface area (Å²) in [6.45, 7) is 5.02. The minimum absolute atomic E-state index is 0.0212. The van der Waals surface area contributed by atoms with Crippen molar-refractivity contribution in [1.82, 2.24) is 24.6 Å². The van der Waals surface area contributed by atoms with Crippen molar-refractivity contribution in [3.05, 3.63) is 70.9 Å². The number of hydrogen-bond donors (Lipinski definition) is 1. The lowest BCUT2D eigenvalue weighted by atomic mass is 9.74. The molecule has 3 aliphatic rings. The van der Waals surface area contributed by atoms with Crippen molar-refractivity contribution in [3.63, 3.8) is 0 Å². The zero-order chi connectivity index (χ0) is 28.9. The number of anilines is 1. The largest absolute Gasteiger partial charge is 0.371 e. The number of amides is 2. The molecule has 11 heteroatoms. The van der Waals surface area contributed by atoms with Crippen molar-refractivity contribution in [2.24, 2.45) is 0 Å². The number of nitrogens with zero attached hydrogens (tertiary/aromatic N) is 5. The number of aromatic nitrogens is 4. The molecule has 216 valence electrons. The van der Waals surface area contributed by atoms with Gasteiger partial charge >= 0.3 is 0 Å². The molecular weight excluding hydrogens is 530 g/mol. The maximum Gasteiger partial charge on any atom is 0.236 e. The number of carbonyl (C=O) groups is 2. The smallest absolute Gasteiger partial charge is 0.236 e. The first-order chi connectivity index (χ1) is 19.6. The number of ether oxygens (including phenoxy) is 1. The predicted octanol–water partition coefficient (Wildman–Crippen LogP) is 4.40. The first-order valence-electron chi connectivity index (χ1n) is 14.1. The maximum absolute atomic E-state index is 14.9. The first-order valence-corrected chi connectivity index (χ1v) is 14.1. The molecule has 3 aromatic rings. The standard InChI is InChI=1S/C30H34F2N6O3/c1-29(2,41-3)27-36-35-26-18(9-10-19(17-38(26)27)20-6-4-8-22(31)24(20)32)16-23(39)37-14-11-30(12-15-37)21-7-5-13-33-25(21)34-28(30)40/h4-8,13,18-19H,9-12,14-17H2,1-3H3,(H,33,34,40)/t18-,19+/m0/s1. The summed E-state index contributed by atoms with van der Waals surface area (Å²) in [5, 5.41) is 11.8. The van der Waals surface area contributed by atoms with E-state index in [1.165, 1.54) is 6.07 Å². The zero-order valence-corrected chi connectivity index (χ0v) is 23.5. The van der Waals surface area contributed by atoms with Crippen LogP contribution < -0.4 is 5.32 Å². The lowest BCUT2D eigenvalue weighted by molar-refractivity contribution is -0.135. The number of piperidine rings is 1.